The van der Waals surface area contributed by atoms with Gasteiger partial charge < -0.3 is 15.8 Å². The van der Waals surface area contributed by atoms with Gasteiger partial charge >= 0.3 is 0 Å². The Bertz CT molecular complexity index is 459. The van der Waals surface area contributed by atoms with Crippen LogP contribution < -0.4 is 15.8 Å². The molecule has 0 aliphatic heterocycles. The zero-order chi connectivity index (χ0) is 14.6. The first-order valence-electron chi connectivity index (χ1n) is 6.93. The van der Waals surface area contributed by atoms with Crippen LogP contribution in [0.15, 0.2) is 24.3 Å². The first-order valence-corrected chi connectivity index (χ1v) is 6.93. The smallest absolute Gasteiger partial charge is 0.223 e. The summed E-state index contributed by atoms with van der Waals surface area (Å²) in [5, 5.41) is 3.00. The van der Waals surface area contributed by atoms with E-state index in [1.54, 1.807) is 12.1 Å². The standard InChI is InChI=1S/C15H21FN2O2/c1-15(10-17,11-2-3-11)18-14(19)8-9-20-13-6-4-12(16)5-7-13/h4-7,11H,2-3,8-10,17H2,1H3,(H,18,19). The number of carbonyl (C=O) groups is 1. The van der Waals surface area contributed by atoms with Crippen molar-refractivity contribution in [1.82, 2.24) is 5.32 Å². The Morgan fingerprint density at radius 2 is 2.10 bits per heavy atom. The minimum absolute atomic E-state index is 0.0630. The average molecular weight is 280 g/mol. The summed E-state index contributed by atoms with van der Waals surface area (Å²) in [6.07, 6.45) is 2.51. The second kappa shape index (κ2) is 6.22. The van der Waals surface area contributed by atoms with Crippen molar-refractivity contribution in [2.24, 2.45) is 11.7 Å². The molecule has 4 nitrogen and oxygen atoms in total. The third-order valence-electron chi connectivity index (χ3n) is 3.74. The summed E-state index contributed by atoms with van der Waals surface area (Å²) in [4.78, 5) is 11.9. The molecule has 1 aliphatic rings. The molecule has 3 N–H and O–H groups in total. The van der Waals surface area contributed by atoms with E-state index in [0.717, 1.165) is 12.8 Å². The van der Waals surface area contributed by atoms with Gasteiger partial charge in [0.25, 0.3) is 0 Å². The molecule has 1 saturated carbocycles. The summed E-state index contributed by atoms with van der Waals surface area (Å²) >= 11 is 0. The molecule has 0 spiro atoms. The van der Waals surface area contributed by atoms with Crippen LogP contribution in [-0.4, -0.2) is 24.6 Å². The summed E-state index contributed by atoms with van der Waals surface area (Å²) in [5.74, 6) is 0.683. The van der Waals surface area contributed by atoms with Gasteiger partial charge in [0, 0.05) is 6.54 Å². The molecule has 1 unspecified atom stereocenters. The van der Waals surface area contributed by atoms with Crippen molar-refractivity contribution in [2.75, 3.05) is 13.2 Å². The van der Waals surface area contributed by atoms with Crippen LogP contribution in [0.4, 0.5) is 4.39 Å². The maximum Gasteiger partial charge on any atom is 0.223 e. The Morgan fingerprint density at radius 1 is 1.45 bits per heavy atom. The van der Waals surface area contributed by atoms with E-state index in [4.69, 9.17) is 10.5 Å². The lowest BCUT2D eigenvalue weighted by Gasteiger charge is -2.29. The van der Waals surface area contributed by atoms with Gasteiger partial charge in [-0.25, -0.2) is 4.39 Å². The van der Waals surface area contributed by atoms with Crippen molar-refractivity contribution in [3.05, 3.63) is 30.1 Å². The molecule has 0 heterocycles. The first-order chi connectivity index (χ1) is 9.53. The van der Waals surface area contributed by atoms with Gasteiger partial charge in [0.1, 0.15) is 11.6 Å². The molecule has 5 heteroatoms. The Balaban J connectivity index is 1.73. The van der Waals surface area contributed by atoms with Crippen LogP contribution in [0.5, 0.6) is 5.75 Å². The van der Waals surface area contributed by atoms with Gasteiger partial charge in [0.2, 0.25) is 5.91 Å². The Labute approximate surface area is 118 Å². The average Bonchev–Trinajstić information content (AvgIpc) is 3.25. The van der Waals surface area contributed by atoms with Crippen LogP contribution in [0.3, 0.4) is 0 Å². The predicted molar refractivity (Wildman–Crippen MR) is 74.8 cm³/mol. The topological polar surface area (TPSA) is 64.3 Å². The quantitative estimate of drug-likeness (QED) is 0.801. The van der Waals surface area contributed by atoms with Crippen molar-refractivity contribution >= 4 is 5.91 Å². The SMILES string of the molecule is CC(CN)(NC(=O)CCOc1ccc(F)cc1)C1CC1. The van der Waals surface area contributed by atoms with Crippen LogP contribution in [-0.2, 0) is 4.79 Å². The van der Waals surface area contributed by atoms with E-state index in [1.165, 1.54) is 12.1 Å². The zero-order valence-corrected chi connectivity index (χ0v) is 11.7. The molecule has 0 aromatic heterocycles. The summed E-state index contributed by atoms with van der Waals surface area (Å²) < 4.78 is 18.1. The molecule has 0 saturated heterocycles. The molecule has 1 aromatic carbocycles. The Hall–Kier alpha value is -1.62. The lowest BCUT2D eigenvalue weighted by molar-refractivity contribution is -0.123. The van der Waals surface area contributed by atoms with Crippen molar-refractivity contribution in [2.45, 2.75) is 31.7 Å². The van der Waals surface area contributed by atoms with E-state index >= 15 is 0 Å². The van der Waals surface area contributed by atoms with E-state index in [1.807, 2.05) is 6.92 Å². The second-order valence-corrected chi connectivity index (χ2v) is 5.50. The summed E-state index contributed by atoms with van der Waals surface area (Å²) in [7, 11) is 0. The van der Waals surface area contributed by atoms with E-state index in [2.05, 4.69) is 5.32 Å². The maximum absolute atomic E-state index is 12.7. The number of halogens is 1. The fourth-order valence-corrected chi connectivity index (χ4v) is 2.21. The van der Waals surface area contributed by atoms with Crippen LogP contribution in [0.1, 0.15) is 26.2 Å². The largest absolute Gasteiger partial charge is 0.493 e. The number of hydrogen-bond donors (Lipinski definition) is 2. The predicted octanol–water partition coefficient (Wildman–Crippen LogP) is 1.84. The van der Waals surface area contributed by atoms with Crippen LogP contribution in [0.2, 0.25) is 0 Å². The highest BCUT2D eigenvalue weighted by atomic mass is 19.1. The molecule has 110 valence electrons. The molecule has 1 atom stereocenters. The number of hydrogen-bond acceptors (Lipinski definition) is 3. The van der Waals surface area contributed by atoms with E-state index in [-0.39, 0.29) is 30.3 Å². The molecule has 1 aromatic rings. The number of benzene rings is 1. The van der Waals surface area contributed by atoms with Crippen molar-refractivity contribution in [3.8, 4) is 5.75 Å². The van der Waals surface area contributed by atoms with Crippen LogP contribution in [0, 0.1) is 11.7 Å². The van der Waals surface area contributed by atoms with Gasteiger partial charge in [-0.2, -0.15) is 0 Å². The summed E-state index contributed by atoms with van der Waals surface area (Å²) in [6.45, 7) is 2.70. The molecule has 0 bridgehead atoms. The van der Waals surface area contributed by atoms with Gasteiger partial charge in [-0.15, -0.1) is 0 Å². The van der Waals surface area contributed by atoms with Crippen molar-refractivity contribution in [1.29, 1.82) is 0 Å². The number of carbonyl (C=O) groups excluding carboxylic acids is 1. The number of nitrogens with two attached hydrogens (primary N) is 1. The monoisotopic (exact) mass is 280 g/mol. The fourth-order valence-electron chi connectivity index (χ4n) is 2.21. The molecule has 1 amide bonds. The molecule has 2 rings (SSSR count). The highest BCUT2D eigenvalue weighted by molar-refractivity contribution is 5.77. The first kappa shape index (κ1) is 14.8. The Morgan fingerprint density at radius 3 is 2.65 bits per heavy atom. The molecular formula is C15H21FN2O2. The van der Waals surface area contributed by atoms with Gasteiger partial charge in [0.15, 0.2) is 0 Å². The third kappa shape index (κ3) is 3.93. The normalized spacial score (nSPS) is 17.4. The highest BCUT2D eigenvalue weighted by Crippen LogP contribution is 2.38. The lowest BCUT2D eigenvalue weighted by atomic mass is 9.96. The zero-order valence-electron chi connectivity index (χ0n) is 11.7. The van der Waals surface area contributed by atoms with Gasteiger partial charge in [0.05, 0.1) is 18.6 Å². The third-order valence-corrected chi connectivity index (χ3v) is 3.74. The van der Waals surface area contributed by atoms with E-state index in [9.17, 15) is 9.18 Å². The van der Waals surface area contributed by atoms with Crippen molar-refractivity contribution < 1.29 is 13.9 Å². The van der Waals surface area contributed by atoms with Gasteiger partial charge in [-0.1, -0.05) is 0 Å². The van der Waals surface area contributed by atoms with Crippen LogP contribution >= 0.6 is 0 Å². The summed E-state index contributed by atoms with van der Waals surface area (Å²) in [6, 6.07) is 5.74. The fraction of sp³-hybridized carbons (Fsp3) is 0.533. The number of ether oxygens (including phenoxy) is 1. The maximum atomic E-state index is 12.7. The van der Waals surface area contributed by atoms with Gasteiger partial charge in [-0.3, -0.25) is 4.79 Å². The number of nitrogens with one attached hydrogen (secondary N) is 1. The number of rotatable bonds is 7. The molecule has 20 heavy (non-hydrogen) atoms. The summed E-state index contributed by atoms with van der Waals surface area (Å²) in [5.41, 5.74) is 5.45. The van der Waals surface area contributed by atoms with Gasteiger partial charge in [-0.05, 0) is 49.9 Å². The van der Waals surface area contributed by atoms with E-state index < -0.39 is 0 Å². The van der Waals surface area contributed by atoms with E-state index in [0.29, 0.717) is 18.2 Å². The molecule has 0 radical (unpaired) electrons. The highest BCUT2D eigenvalue weighted by Gasteiger charge is 2.41. The lowest BCUT2D eigenvalue weighted by Crippen LogP contribution is -2.53. The molecular weight excluding hydrogens is 259 g/mol. The molecule has 1 aliphatic carbocycles. The molecule has 1 fully saturated rings. The second-order valence-electron chi connectivity index (χ2n) is 5.50. The Kier molecular flexibility index (Phi) is 4.60. The minimum Gasteiger partial charge on any atom is -0.493 e. The minimum atomic E-state index is -0.307. The van der Waals surface area contributed by atoms with Crippen molar-refractivity contribution in [3.63, 3.8) is 0 Å². The van der Waals surface area contributed by atoms with Crippen LogP contribution in [0.25, 0.3) is 0 Å². The number of amides is 1.